The average Bonchev–Trinajstić information content (AvgIpc) is 2.68. The van der Waals surface area contributed by atoms with Crippen LogP contribution in [0.3, 0.4) is 0 Å². The number of ether oxygens (including phenoxy) is 1. The summed E-state index contributed by atoms with van der Waals surface area (Å²) in [6, 6.07) is 0. The molecule has 4 nitrogen and oxygen atoms in total. The molecule has 0 radical (unpaired) electrons. The number of fused-ring (bicyclic) bond motifs is 2. The SMILES string of the molecule is NC(=S)C1(C(=O)N2CC3CCC(C2)O3)CCCCCC1. The van der Waals surface area contributed by atoms with E-state index in [9.17, 15) is 4.79 Å². The summed E-state index contributed by atoms with van der Waals surface area (Å²) in [4.78, 5) is 15.5. The Bertz CT molecular complexity index is 393. The van der Waals surface area contributed by atoms with Gasteiger partial charge in [0.05, 0.1) is 22.6 Å². The van der Waals surface area contributed by atoms with Crippen LogP contribution in [0, 0.1) is 5.41 Å². The fourth-order valence-electron chi connectivity index (χ4n) is 3.98. The topological polar surface area (TPSA) is 55.6 Å². The molecule has 2 bridgehead atoms. The largest absolute Gasteiger partial charge is 0.392 e. The highest BCUT2D eigenvalue weighted by Gasteiger charge is 2.46. The van der Waals surface area contributed by atoms with Gasteiger partial charge in [0.1, 0.15) is 0 Å². The zero-order valence-corrected chi connectivity index (χ0v) is 12.8. The van der Waals surface area contributed by atoms with Gasteiger partial charge in [0.15, 0.2) is 0 Å². The van der Waals surface area contributed by atoms with Gasteiger partial charge in [0.2, 0.25) is 5.91 Å². The highest BCUT2D eigenvalue weighted by atomic mass is 32.1. The lowest BCUT2D eigenvalue weighted by atomic mass is 9.78. The van der Waals surface area contributed by atoms with Crippen LogP contribution in [0.4, 0.5) is 0 Å². The number of carbonyl (C=O) groups is 1. The fraction of sp³-hybridized carbons (Fsp3) is 0.867. The number of likely N-dealkylation sites (tertiary alicyclic amines) is 1. The zero-order valence-electron chi connectivity index (χ0n) is 12.0. The van der Waals surface area contributed by atoms with Crippen LogP contribution >= 0.6 is 12.2 Å². The van der Waals surface area contributed by atoms with Gasteiger partial charge in [0, 0.05) is 13.1 Å². The highest BCUT2D eigenvalue weighted by Crippen LogP contribution is 2.39. The summed E-state index contributed by atoms with van der Waals surface area (Å²) in [6.07, 6.45) is 8.75. The normalized spacial score (nSPS) is 32.7. The molecule has 3 aliphatic rings. The quantitative estimate of drug-likeness (QED) is 0.625. The molecule has 1 saturated carbocycles. The highest BCUT2D eigenvalue weighted by molar-refractivity contribution is 7.80. The Hall–Kier alpha value is -0.680. The first-order valence-electron chi connectivity index (χ1n) is 7.86. The third-order valence-electron chi connectivity index (χ3n) is 5.17. The summed E-state index contributed by atoms with van der Waals surface area (Å²) in [5.74, 6) is 0.173. The second-order valence-electron chi connectivity index (χ2n) is 6.53. The van der Waals surface area contributed by atoms with Crippen LogP contribution < -0.4 is 5.73 Å². The van der Waals surface area contributed by atoms with E-state index in [0.717, 1.165) is 51.6 Å². The molecule has 3 fully saturated rings. The molecule has 5 heteroatoms. The number of amides is 1. The maximum atomic E-state index is 13.1. The Morgan fingerprint density at radius 2 is 1.65 bits per heavy atom. The van der Waals surface area contributed by atoms with Crippen LogP contribution in [0.1, 0.15) is 51.4 Å². The summed E-state index contributed by atoms with van der Waals surface area (Å²) in [7, 11) is 0. The Labute approximate surface area is 126 Å². The molecule has 2 unspecified atom stereocenters. The maximum absolute atomic E-state index is 13.1. The molecule has 2 saturated heterocycles. The predicted octanol–water partition coefficient (Wildman–Crippen LogP) is 2.00. The number of nitrogens with two attached hydrogens (primary N) is 1. The predicted molar refractivity (Wildman–Crippen MR) is 81.4 cm³/mol. The number of morpholine rings is 1. The minimum atomic E-state index is -0.581. The summed E-state index contributed by atoms with van der Waals surface area (Å²) < 4.78 is 5.83. The van der Waals surface area contributed by atoms with E-state index < -0.39 is 5.41 Å². The van der Waals surface area contributed by atoms with Gasteiger partial charge in [-0.2, -0.15) is 0 Å². The smallest absolute Gasteiger partial charge is 0.235 e. The lowest BCUT2D eigenvalue weighted by Crippen LogP contribution is -2.55. The van der Waals surface area contributed by atoms with Crippen LogP contribution in [0.25, 0.3) is 0 Å². The number of carbonyl (C=O) groups excluding carboxylic acids is 1. The number of nitrogens with zero attached hydrogens (tertiary/aromatic N) is 1. The van der Waals surface area contributed by atoms with Crippen molar-refractivity contribution >= 4 is 23.1 Å². The van der Waals surface area contributed by atoms with Crippen molar-refractivity contribution in [2.45, 2.75) is 63.6 Å². The van der Waals surface area contributed by atoms with Gasteiger partial charge in [-0.25, -0.2) is 0 Å². The molecule has 2 atom stereocenters. The summed E-state index contributed by atoms with van der Waals surface area (Å²) in [5.41, 5.74) is 5.44. The van der Waals surface area contributed by atoms with Crippen molar-refractivity contribution < 1.29 is 9.53 Å². The number of thiocarbonyl (C=S) groups is 1. The first kappa shape index (κ1) is 14.3. The molecular formula is C15H24N2O2S. The van der Waals surface area contributed by atoms with Crippen LogP contribution in [-0.4, -0.2) is 41.1 Å². The van der Waals surface area contributed by atoms with Crippen molar-refractivity contribution in [3.05, 3.63) is 0 Å². The fourth-order valence-corrected chi connectivity index (χ4v) is 4.27. The van der Waals surface area contributed by atoms with Gasteiger partial charge in [-0.15, -0.1) is 0 Å². The second-order valence-corrected chi connectivity index (χ2v) is 6.97. The van der Waals surface area contributed by atoms with Crippen molar-refractivity contribution in [3.63, 3.8) is 0 Å². The molecule has 2 N–H and O–H groups in total. The Kier molecular flexibility index (Phi) is 4.00. The standard InChI is InChI=1S/C15H24N2O2S/c16-13(20)15(7-3-1-2-4-8-15)14(18)17-9-11-5-6-12(10-17)19-11/h11-12H,1-10H2,(H2,16,20). The lowest BCUT2D eigenvalue weighted by Gasteiger charge is -2.39. The first-order valence-corrected chi connectivity index (χ1v) is 8.27. The maximum Gasteiger partial charge on any atom is 0.235 e. The van der Waals surface area contributed by atoms with E-state index in [1.807, 2.05) is 4.90 Å². The van der Waals surface area contributed by atoms with Gasteiger partial charge in [-0.3, -0.25) is 4.79 Å². The lowest BCUT2D eigenvalue weighted by molar-refractivity contribution is -0.147. The molecule has 0 spiro atoms. The van der Waals surface area contributed by atoms with E-state index in [1.165, 1.54) is 12.8 Å². The van der Waals surface area contributed by atoms with Crippen molar-refractivity contribution in [2.75, 3.05) is 13.1 Å². The van der Waals surface area contributed by atoms with E-state index in [0.29, 0.717) is 4.99 Å². The molecule has 0 aromatic heterocycles. The molecule has 3 rings (SSSR count). The molecule has 112 valence electrons. The Morgan fingerprint density at radius 1 is 1.10 bits per heavy atom. The molecule has 1 amide bonds. The minimum Gasteiger partial charge on any atom is -0.392 e. The molecule has 20 heavy (non-hydrogen) atoms. The van der Waals surface area contributed by atoms with Gasteiger partial charge in [-0.05, 0) is 25.7 Å². The van der Waals surface area contributed by atoms with Crippen molar-refractivity contribution in [1.29, 1.82) is 0 Å². The monoisotopic (exact) mass is 296 g/mol. The van der Waals surface area contributed by atoms with E-state index >= 15 is 0 Å². The summed E-state index contributed by atoms with van der Waals surface area (Å²) >= 11 is 5.31. The molecule has 2 heterocycles. The van der Waals surface area contributed by atoms with E-state index in [-0.39, 0.29) is 18.1 Å². The summed E-state index contributed by atoms with van der Waals surface area (Å²) in [5, 5.41) is 0. The zero-order chi connectivity index (χ0) is 14.2. The Balaban J connectivity index is 1.80. The van der Waals surface area contributed by atoms with E-state index in [2.05, 4.69) is 0 Å². The molecule has 1 aliphatic carbocycles. The van der Waals surface area contributed by atoms with Crippen LogP contribution in [0.5, 0.6) is 0 Å². The number of hydrogen-bond acceptors (Lipinski definition) is 3. The van der Waals surface area contributed by atoms with Crippen LogP contribution in [-0.2, 0) is 9.53 Å². The average molecular weight is 296 g/mol. The van der Waals surface area contributed by atoms with Gasteiger partial charge < -0.3 is 15.4 Å². The molecular weight excluding hydrogens is 272 g/mol. The number of rotatable bonds is 2. The van der Waals surface area contributed by atoms with E-state index in [1.54, 1.807) is 0 Å². The summed E-state index contributed by atoms with van der Waals surface area (Å²) in [6.45, 7) is 1.44. The van der Waals surface area contributed by atoms with Crippen LogP contribution in [0.2, 0.25) is 0 Å². The second kappa shape index (κ2) is 5.60. The van der Waals surface area contributed by atoms with Crippen molar-refractivity contribution in [1.82, 2.24) is 4.90 Å². The van der Waals surface area contributed by atoms with Gasteiger partial charge in [0.25, 0.3) is 0 Å². The Morgan fingerprint density at radius 3 is 2.15 bits per heavy atom. The van der Waals surface area contributed by atoms with Gasteiger partial charge in [-0.1, -0.05) is 37.9 Å². The minimum absolute atomic E-state index is 0.173. The van der Waals surface area contributed by atoms with E-state index in [4.69, 9.17) is 22.7 Å². The van der Waals surface area contributed by atoms with Gasteiger partial charge >= 0.3 is 0 Å². The third kappa shape index (κ3) is 2.46. The third-order valence-corrected chi connectivity index (χ3v) is 5.56. The molecule has 2 aliphatic heterocycles. The molecule has 0 aromatic rings. The number of hydrogen-bond donors (Lipinski definition) is 1. The molecule has 0 aromatic carbocycles. The van der Waals surface area contributed by atoms with Crippen molar-refractivity contribution in [3.8, 4) is 0 Å². The first-order chi connectivity index (χ1) is 9.62. The van der Waals surface area contributed by atoms with Crippen LogP contribution in [0.15, 0.2) is 0 Å². The van der Waals surface area contributed by atoms with Crippen molar-refractivity contribution in [2.24, 2.45) is 11.1 Å².